The molecule has 61 heavy (non-hydrogen) atoms. The third-order valence-corrected chi connectivity index (χ3v) is 12.9. The average Bonchev–Trinajstić information content (AvgIpc) is 3.78. The summed E-state index contributed by atoms with van der Waals surface area (Å²) in [5, 5.41) is 2.55. The molecule has 1 heterocycles. The summed E-state index contributed by atoms with van der Waals surface area (Å²) in [7, 11) is 0. The molecule has 1 aromatic heterocycles. The summed E-state index contributed by atoms with van der Waals surface area (Å²) in [6.45, 7) is 4.74. The highest BCUT2D eigenvalue weighted by atomic mass is 15.0. The van der Waals surface area contributed by atoms with Crippen LogP contribution in [0.25, 0.3) is 83.6 Å². The van der Waals surface area contributed by atoms with Gasteiger partial charge in [-0.25, -0.2) is 0 Å². The lowest BCUT2D eigenvalue weighted by atomic mass is 9.81. The zero-order valence-electron chi connectivity index (χ0n) is 34.5. The van der Waals surface area contributed by atoms with E-state index in [0.29, 0.717) is 0 Å². The van der Waals surface area contributed by atoms with E-state index in [-0.39, 0.29) is 5.41 Å². The molecule has 0 radical (unpaired) electrons. The number of benzene rings is 9. The smallest absolute Gasteiger partial charge is 0.0541 e. The van der Waals surface area contributed by atoms with Gasteiger partial charge in [-0.1, -0.05) is 208 Å². The van der Waals surface area contributed by atoms with E-state index < -0.39 is 0 Å². The molecule has 1 aliphatic rings. The van der Waals surface area contributed by atoms with Gasteiger partial charge in [0.1, 0.15) is 0 Å². The second kappa shape index (κ2) is 15.0. The molecule has 290 valence electrons. The van der Waals surface area contributed by atoms with Gasteiger partial charge < -0.3 is 4.57 Å². The highest BCUT2D eigenvalue weighted by Crippen LogP contribution is 2.49. The first-order valence-corrected chi connectivity index (χ1v) is 21.4. The van der Waals surface area contributed by atoms with E-state index in [2.05, 4.69) is 243 Å². The van der Waals surface area contributed by atoms with Crippen molar-refractivity contribution in [1.29, 1.82) is 0 Å². The first-order valence-electron chi connectivity index (χ1n) is 21.4. The van der Waals surface area contributed by atoms with Gasteiger partial charge in [0.25, 0.3) is 0 Å². The highest BCUT2D eigenvalue weighted by Gasteiger charge is 2.35. The highest BCUT2D eigenvalue weighted by molar-refractivity contribution is 6.09. The molecular formula is C60H45N. The second-order valence-corrected chi connectivity index (χ2v) is 16.9. The minimum absolute atomic E-state index is 0.0798. The van der Waals surface area contributed by atoms with Gasteiger partial charge in [-0.2, -0.15) is 0 Å². The van der Waals surface area contributed by atoms with Gasteiger partial charge in [0.15, 0.2) is 0 Å². The van der Waals surface area contributed by atoms with Crippen LogP contribution in [0.2, 0.25) is 0 Å². The van der Waals surface area contributed by atoms with Gasteiger partial charge in [-0.05, 0) is 115 Å². The molecule has 0 unspecified atom stereocenters. The fraction of sp³-hybridized carbons (Fsp3) is 0.0667. The number of hydrogen-bond acceptors (Lipinski definition) is 0. The lowest BCUT2D eigenvalue weighted by Gasteiger charge is -2.22. The Morgan fingerprint density at radius 3 is 1.67 bits per heavy atom. The van der Waals surface area contributed by atoms with Crippen LogP contribution in [0.4, 0.5) is 0 Å². The molecule has 9 aromatic carbocycles. The number of allylic oxidation sites excluding steroid dienone is 1. The summed E-state index contributed by atoms with van der Waals surface area (Å²) in [6.07, 6.45) is 3.19. The molecule has 0 saturated heterocycles. The van der Waals surface area contributed by atoms with Gasteiger partial charge in [0.05, 0.1) is 11.0 Å². The summed E-state index contributed by atoms with van der Waals surface area (Å²) in [6, 6.07) is 80.2. The molecule has 11 rings (SSSR count). The topological polar surface area (TPSA) is 4.93 Å². The van der Waals surface area contributed by atoms with Crippen LogP contribution in [-0.4, -0.2) is 4.57 Å². The van der Waals surface area contributed by atoms with E-state index in [4.69, 9.17) is 0 Å². The lowest BCUT2D eigenvalue weighted by Crippen LogP contribution is -2.15. The fourth-order valence-electron chi connectivity index (χ4n) is 9.76. The van der Waals surface area contributed by atoms with Crippen LogP contribution < -0.4 is 0 Å². The van der Waals surface area contributed by atoms with Crippen LogP contribution in [0.1, 0.15) is 41.7 Å². The maximum atomic E-state index is 2.46. The Morgan fingerprint density at radius 1 is 0.426 bits per heavy atom. The zero-order valence-corrected chi connectivity index (χ0v) is 34.5. The number of rotatable bonds is 8. The van der Waals surface area contributed by atoms with E-state index in [1.807, 2.05) is 0 Å². The summed E-state index contributed by atoms with van der Waals surface area (Å²) < 4.78 is 2.39. The van der Waals surface area contributed by atoms with Crippen LogP contribution >= 0.6 is 0 Å². The standard InChI is InChI=1S/C60H45N/c1-60(2)56-22-12-9-19-51(56)52-36-32-47(40-57(52)60)48(37-41-25-28-44(29-26-41)43-15-5-3-6-16-43)38-42-27-35-50(55(39-42)45-17-7-4-8-18-45)46-30-33-49(34-31-46)61-58-23-13-10-20-53(58)54-21-11-14-24-59(54)61/h3-37,39-40H,38H2,1-2H3/b48-37-. The third-order valence-electron chi connectivity index (χ3n) is 12.9. The Kier molecular flexibility index (Phi) is 8.98. The molecule has 0 fully saturated rings. The maximum absolute atomic E-state index is 2.46. The first-order chi connectivity index (χ1) is 30.0. The monoisotopic (exact) mass is 779 g/mol. The molecule has 1 nitrogen and oxygen atoms in total. The predicted molar refractivity (Wildman–Crippen MR) is 259 cm³/mol. The average molecular weight is 780 g/mol. The van der Waals surface area contributed by atoms with Crippen LogP contribution in [0, 0.1) is 0 Å². The van der Waals surface area contributed by atoms with Gasteiger partial charge in [0.2, 0.25) is 0 Å². The van der Waals surface area contributed by atoms with E-state index in [9.17, 15) is 0 Å². The Morgan fingerprint density at radius 2 is 0.967 bits per heavy atom. The van der Waals surface area contributed by atoms with Crippen LogP contribution in [0.15, 0.2) is 218 Å². The van der Waals surface area contributed by atoms with Crippen LogP contribution in [0.5, 0.6) is 0 Å². The third kappa shape index (κ3) is 6.51. The molecule has 0 saturated carbocycles. The number of fused-ring (bicyclic) bond motifs is 6. The van der Waals surface area contributed by atoms with E-state index >= 15 is 0 Å². The number of para-hydroxylation sites is 2. The van der Waals surface area contributed by atoms with E-state index in [1.165, 1.54) is 99.7 Å². The normalized spacial score (nSPS) is 13.0. The van der Waals surface area contributed by atoms with Crippen molar-refractivity contribution < 1.29 is 0 Å². The van der Waals surface area contributed by atoms with E-state index in [1.54, 1.807) is 0 Å². The van der Waals surface area contributed by atoms with Crippen LogP contribution in [-0.2, 0) is 11.8 Å². The summed E-state index contributed by atoms with van der Waals surface area (Å²) in [5.41, 5.74) is 21.4. The van der Waals surface area contributed by atoms with Crippen molar-refractivity contribution in [2.75, 3.05) is 0 Å². The number of hydrogen-bond donors (Lipinski definition) is 0. The van der Waals surface area contributed by atoms with Crippen LogP contribution in [0.3, 0.4) is 0 Å². The van der Waals surface area contributed by atoms with Gasteiger partial charge in [-0.15, -0.1) is 0 Å². The molecular weight excluding hydrogens is 735 g/mol. The zero-order chi connectivity index (χ0) is 40.9. The van der Waals surface area contributed by atoms with Crippen molar-refractivity contribution in [3.63, 3.8) is 0 Å². The van der Waals surface area contributed by atoms with Gasteiger partial charge >= 0.3 is 0 Å². The second-order valence-electron chi connectivity index (χ2n) is 16.9. The molecule has 10 aromatic rings. The minimum Gasteiger partial charge on any atom is -0.309 e. The Hall–Kier alpha value is -7.48. The minimum atomic E-state index is -0.0798. The summed E-state index contributed by atoms with van der Waals surface area (Å²) >= 11 is 0. The fourth-order valence-corrected chi connectivity index (χ4v) is 9.76. The van der Waals surface area contributed by atoms with Gasteiger partial charge in [0, 0.05) is 21.9 Å². The number of aromatic nitrogens is 1. The predicted octanol–water partition coefficient (Wildman–Crippen LogP) is 15.9. The summed E-state index contributed by atoms with van der Waals surface area (Å²) in [4.78, 5) is 0. The molecule has 0 atom stereocenters. The summed E-state index contributed by atoms with van der Waals surface area (Å²) in [5.74, 6) is 0. The van der Waals surface area contributed by atoms with Crippen molar-refractivity contribution in [2.45, 2.75) is 25.7 Å². The van der Waals surface area contributed by atoms with Crippen molar-refractivity contribution in [3.05, 3.63) is 246 Å². The molecule has 1 aliphatic carbocycles. The Balaban J connectivity index is 0.996. The SMILES string of the molecule is CC1(C)c2ccccc2-c2ccc(/C(=C\c3ccc(-c4ccccc4)cc3)Cc3ccc(-c4ccc(-n5c6ccccc6c6ccccc65)cc4)c(-c4ccccc4)c3)cc21. The first kappa shape index (κ1) is 36.6. The quantitative estimate of drug-likeness (QED) is 0.135. The Labute approximate surface area is 358 Å². The molecule has 0 bridgehead atoms. The molecule has 0 spiro atoms. The van der Waals surface area contributed by atoms with Crippen molar-refractivity contribution in [1.82, 2.24) is 4.57 Å². The molecule has 0 amide bonds. The maximum Gasteiger partial charge on any atom is 0.0541 e. The van der Waals surface area contributed by atoms with Crippen molar-refractivity contribution in [2.24, 2.45) is 0 Å². The molecule has 1 heteroatoms. The van der Waals surface area contributed by atoms with Gasteiger partial charge in [-0.3, -0.25) is 0 Å². The largest absolute Gasteiger partial charge is 0.309 e. The van der Waals surface area contributed by atoms with Crippen molar-refractivity contribution >= 4 is 33.5 Å². The van der Waals surface area contributed by atoms with Crippen molar-refractivity contribution in [3.8, 4) is 50.2 Å². The Bertz CT molecular complexity index is 3200. The lowest BCUT2D eigenvalue weighted by molar-refractivity contribution is 0.660. The van der Waals surface area contributed by atoms with E-state index in [0.717, 1.165) is 12.1 Å². The molecule has 0 N–H and O–H groups in total. The number of nitrogens with zero attached hydrogens (tertiary/aromatic N) is 1. The molecule has 0 aliphatic heterocycles.